The summed E-state index contributed by atoms with van der Waals surface area (Å²) in [7, 11) is 1.64. The first-order valence-corrected chi connectivity index (χ1v) is 7.10. The Balaban J connectivity index is 1.86. The first kappa shape index (κ1) is 14.3. The van der Waals surface area contributed by atoms with Crippen LogP contribution in [0.2, 0.25) is 0 Å². The van der Waals surface area contributed by atoms with E-state index in [1.165, 1.54) is 0 Å². The van der Waals surface area contributed by atoms with Crippen LogP contribution in [0.3, 0.4) is 0 Å². The van der Waals surface area contributed by atoms with Gasteiger partial charge in [0.1, 0.15) is 11.5 Å². The molecule has 1 aliphatic heterocycles. The number of carbonyl (C=O) groups is 1. The monoisotopic (exact) mass is 298 g/mol. The molecule has 2 aromatic rings. The number of anilines is 1. The van der Waals surface area contributed by atoms with Gasteiger partial charge < -0.3 is 20.1 Å². The number of rotatable bonds is 4. The van der Waals surface area contributed by atoms with Gasteiger partial charge in [-0.05, 0) is 29.8 Å². The van der Waals surface area contributed by atoms with Crippen molar-refractivity contribution in [3.8, 4) is 11.5 Å². The van der Waals surface area contributed by atoms with E-state index in [2.05, 4.69) is 4.90 Å². The van der Waals surface area contributed by atoms with E-state index in [0.717, 1.165) is 17.0 Å². The number of methoxy groups -OCH3 is 1. The lowest BCUT2D eigenvalue weighted by atomic mass is 10.1. The molecule has 1 amide bonds. The summed E-state index contributed by atoms with van der Waals surface area (Å²) in [6, 6.07) is 15.5. The van der Waals surface area contributed by atoms with E-state index in [-0.39, 0.29) is 0 Å². The molecule has 3 rings (SSSR count). The van der Waals surface area contributed by atoms with E-state index >= 15 is 0 Å². The van der Waals surface area contributed by atoms with Gasteiger partial charge in [0.15, 0.2) is 6.10 Å². The van der Waals surface area contributed by atoms with E-state index in [4.69, 9.17) is 15.2 Å². The Morgan fingerprint density at radius 2 is 2.00 bits per heavy atom. The van der Waals surface area contributed by atoms with Crippen LogP contribution in [-0.2, 0) is 11.3 Å². The van der Waals surface area contributed by atoms with E-state index in [9.17, 15) is 4.79 Å². The molecule has 5 nitrogen and oxygen atoms in total. The van der Waals surface area contributed by atoms with Crippen LogP contribution < -0.4 is 20.1 Å². The average Bonchev–Trinajstić information content (AvgIpc) is 2.55. The Morgan fingerprint density at radius 1 is 1.27 bits per heavy atom. The summed E-state index contributed by atoms with van der Waals surface area (Å²) in [5, 5.41) is 0. The van der Waals surface area contributed by atoms with Gasteiger partial charge in [0.25, 0.3) is 5.91 Å². The minimum Gasteiger partial charge on any atom is -0.497 e. The molecule has 1 aliphatic rings. The Morgan fingerprint density at radius 3 is 2.68 bits per heavy atom. The topological polar surface area (TPSA) is 64.8 Å². The van der Waals surface area contributed by atoms with Crippen LogP contribution in [-0.4, -0.2) is 25.7 Å². The minimum atomic E-state index is -0.631. The normalized spacial score (nSPS) is 16.6. The maximum Gasteiger partial charge on any atom is 0.260 e. The van der Waals surface area contributed by atoms with Crippen LogP contribution in [0.5, 0.6) is 11.5 Å². The molecule has 5 heteroatoms. The smallest absolute Gasteiger partial charge is 0.260 e. The van der Waals surface area contributed by atoms with Crippen molar-refractivity contribution in [2.24, 2.45) is 5.73 Å². The summed E-state index contributed by atoms with van der Waals surface area (Å²) in [5.41, 5.74) is 7.50. The second-order valence-corrected chi connectivity index (χ2v) is 5.21. The van der Waals surface area contributed by atoms with Crippen LogP contribution in [0.4, 0.5) is 5.69 Å². The predicted octanol–water partition coefficient (Wildman–Crippen LogP) is 1.95. The van der Waals surface area contributed by atoms with E-state index in [0.29, 0.717) is 18.8 Å². The molecule has 22 heavy (non-hydrogen) atoms. The van der Waals surface area contributed by atoms with Crippen LogP contribution in [0, 0.1) is 0 Å². The molecular formula is C17H18N2O3. The van der Waals surface area contributed by atoms with Crippen LogP contribution >= 0.6 is 0 Å². The molecule has 0 bridgehead atoms. The summed E-state index contributed by atoms with van der Waals surface area (Å²) in [6.07, 6.45) is -0.631. The standard InChI is InChI=1S/C17H18N2O3/c1-21-13-8-6-12(7-9-13)10-19-11-16(17(18)20)22-15-5-3-2-4-14(15)19/h2-9,16H,10-11H2,1H3,(H2,18,20). The van der Waals surface area contributed by atoms with E-state index in [1.807, 2.05) is 48.5 Å². The molecule has 0 saturated heterocycles. The number of primary amides is 1. The van der Waals surface area contributed by atoms with Gasteiger partial charge in [-0.15, -0.1) is 0 Å². The molecule has 1 unspecified atom stereocenters. The van der Waals surface area contributed by atoms with Crippen molar-refractivity contribution in [1.82, 2.24) is 0 Å². The number of para-hydroxylation sites is 2. The molecule has 2 N–H and O–H groups in total. The lowest BCUT2D eigenvalue weighted by Crippen LogP contribution is -2.46. The number of fused-ring (bicyclic) bond motifs is 1. The fourth-order valence-corrected chi connectivity index (χ4v) is 2.56. The molecule has 0 fully saturated rings. The van der Waals surface area contributed by atoms with Crippen molar-refractivity contribution in [3.05, 3.63) is 54.1 Å². The lowest BCUT2D eigenvalue weighted by Gasteiger charge is -2.35. The van der Waals surface area contributed by atoms with Gasteiger partial charge in [0, 0.05) is 6.54 Å². The summed E-state index contributed by atoms with van der Waals surface area (Å²) in [5.74, 6) is 1.06. The van der Waals surface area contributed by atoms with Gasteiger partial charge in [-0.1, -0.05) is 24.3 Å². The van der Waals surface area contributed by atoms with Crippen molar-refractivity contribution >= 4 is 11.6 Å². The molecule has 2 aromatic carbocycles. The van der Waals surface area contributed by atoms with Crippen molar-refractivity contribution in [2.75, 3.05) is 18.6 Å². The molecule has 114 valence electrons. The Bertz CT molecular complexity index is 670. The highest BCUT2D eigenvalue weighted by molar-refractivity contribution is 5.81. The highest BCUT2D eigenvalue weighted by atomic mass is 16.5. The van der Waals surface area contributed by atoms with Gasteiger partial charge in [-0.3, -0.25) is 4.79 Å². The predicted molar refractivity (Wildman–Crippen MR) is 84.1 cm³/mol. The average molecular weight is 298 g/mol. The summed E-state index contributed by atoms with van der Waals surface area (Å²) in [4.78, 5) is 13.6. The van der Waals surface area contributed by atoms with Crippen LogP contribution in [0.1, 0.15) is 5.56 Å². The molecule has 0 aromatic heterocycles. The number of nitrogens with two attached hydrogens (primary N) is 1. The molecule has 0 spiro atoms. The lowest BCUT2D eigenvalue weighted by molar-refractivity contribution is -0.124. The second-order valence-electron chi connectivity index (χ2n) is 5.21. The van der Waals surface area contributed by atoms with Crippen LogP contribution in [0.25, 0.3) is 0 Å². The van der Waals surface area contributed by atoms with Gasteiger partial charge in [0.2, 0.25) is 0 Å². The van der Waals surface area contributed by atoms with Gasteiger partial charge in [0.05, 0.1) is 19.3 Å². The number of carbonyl (C=O) groups excluding carboxylic acids is 1. The molecule has 0 radical (unpaired) electrons. The van der Waals surface area contributed by atoms with Crippen molar-refractivity contribution in [1.29, 1.82) is 0 Å². The Labute approximate surface area is 129 Å². The number of benzene rings is 2. The summed E-state index contributed by atoms with van der Waals surface area (Å²) in [6.45, 7) is 1.12. The molecule has 0 aliphatic carbocycles. The van der Waals surface area contributed by atoms with Gasteiger partial charge in [-0.2, -0.15) is 0 Å². The number of nitrogens with zero attached hydrogens (tertiary/aromatic N) is 1. The van der Waals surface area contributed by atoms with Gasteiger partial charge >= 0.3 is 0 Å². The molecular weight excluding hydrogens is 280 g/mol. The third-order valence-corrected chi connectivity index (χ3v) is 3.71. The molecule has 0 saturated carbocycles. The molecule has 1 heterocycles. The fraction of sp³-hybridized carbons (Fsp3) is 0.235. The van der Waals surface area contributed by atoms with Crippen molar-refractivity contribution in [3.63, 3.8) is 0 Å². The number of hydrogen-bond acceptors (Lipinski definition) is 4. The zero-order valence-electron chi connectivity index (χ0n) is 12.4. The third kappa shape index (κ3) is 2.83. The van der Waals surface area contributed by atoms with E-state index < -0.39 is 12.0 Å². The highest BCUT2D eigenvalue weighted by Crippen LogP contribution is 2.34. The minimum absolute atomic E-state index is 0.443. The first-order valence-electron chi connectivity index (χ1n) is 7.10. The SMILES string of the molecule is COc1ccc(CN2CC(C(N)=O)Oc3ccccc32)cc1. The third-order valence-electron chi connectivity index (χ3n) is 3.71. The maximum absolute atomic E-state index is 11.5. The number of hydrogen-bond donors (Lipinski definition) is 1. The Hall–Kier alpha value is -2.69. The largest absolute Gasteiger partial charge is 0.497 e. The first-order chi connectivity index (χ1) is 10.7. The second kappa shape index (κ2) is 5.97. The zero-order chi connectivity index (χ0) is 15.5. The van der Waals surface area contributed by atoms with E-state index in [1.54, 1.807) is 7.11 Å². The fourth-order valence-electron chi connectivity index (χ4n) is 2.56. The number of amides is 1. The summed E-state index contributed by atoms with van der Waals surface area (Å²) < 4.78 is 10.8. The number of ether oxygens (including phenoxy) is 2. The summed E-state index contributed by atoms with van der Waals surface area (Å²) >= 11 is 0. The Kier molecular flexibility index (Phi) is 3.87. The maximum atomic E-state index is 11.5. The van der Waals surface area contributed by atoms with Crippen LogP contribution in [0.15, 0.2) is 48.5 Å². The highest BCUT2D eigenvalue weighted by Gasteiger charge is 2.28. The van der Waals surface area contributed by atoms with Crippen molar-refractivity contribution < 1.29 is 14.3 Å². The quantitative estimate of drug-likeness (QED) is 0.937. The zero-order valence-corrected chi connectivity index (χ0v) is 12.4. The van der Waals surface area contributed by atoms with Crippen molar-refractivity contribution in [2.45, 2.75) is 12.6 Å². The molecule has 1 atom stereocenters. The van der Waals surface area contributed by atoms with Gasteiger partial charge in [-0.25, -0.2) is 0 Å².